The van der Waals surface area contributed by atoms with Crippen LogP contribution in [0, 0.1) is 31.7 Å². The summed E-state index contributed by atoms with van der Waals surface area (Å²) >= 11 is 0. The zero-order chi connectivity index (χ0) is 39.0. The molecule has 0 unspecified atom stereocenters. The standard InChI is InChI=1S/C24H16NO.C21H19FN.Ir/c1-16-13-22(25-15-21(16)17-7-3-2-4-8-17)18-11-12-24-20(14-18)19-9-5-6-10-23(19)26-24;1-15-9-11-18(19(22)13-15)20-12-10-17(14-23-20)21(2,3)16-7-5-4-6-8-16;/h2-10,12-15H,1H3;4-10,12-14H,1-3H3;/q2*-1;/i2*1D3;. The van der Waals surface area contributed by atoms with Crippen LogP contribution in [0.15, 0.2) is 144 Å². The van der Waals surface area contributed by atoms with E-state index < -0.39 is 19.5 Å². The van der Waals surface area contributed by atoms with Crippen molar-refractivity contribution in [2.75, 3.05) is 0 Å². The molecule has 3 nitrogen and oxygen atoms in total. The molecule has 8 rings (SSSR count). The Kier molecular flexibility index (Phi) is 8.12. The van der Waals surface area contributed by atoms with E-state index in [2.05, 4.69) is 48.1 Å². The SMILES string of the molecule is [2H]C([2H])([2H])c1c[c-]c(-c2ccc(C(C)(C)c3ccccc3)cn2)c(F)c1.[2H]C([2H])([2H])c1cc(-c2[c-]cc3oc4ccccc4c3c2)ncc1-c1ccccc1.[Ir]. The molecule has 0 N–H and O–H groups in total. The summed E-state index contributed by atoms with van der Waals surface area (Å²) in [5.41, 5.74) is 7.03. The maximum Gasteiger partial charge on any atom is 0.120 e. The van der Waals surface area contributed by atoms with Gasteiger partial charge in [-0.2, -0.15) is 0 Å². The molecule has 5 aromatic carbocycles. The van der Waals surface area contributed by atoms with Gasteiger partial charge in [-0.05, 0) is 46.6 Å². The number of pyridine rings is 2. The fraction of sp³-hybridized carbons (Fsp3) is 0.111. The van der Waals surface area contributed by atoms with Gasteiger partial charge in [-0.15, -0.1) is 47.5 Å². The fourth-order valence-electron chi connectivity index (χ4n) is 5.87. The Hall–Kier alpha value is -5.22. The van der Waals surface area contributed by atoms with Crippen LogP contribution < -0.4 is 0 Å². The molecule has 5 heteroatoms. The third kappa shape index (κ3) is 7.07. The zero-order valence-corrected chi connectivity index (χ0v) is 29.7. The van der Waals surface area contributed by atoms with Crippen LogP contribution in [-0.2, 0) is 25.5 Å². The van der Waals surface area contributed by atoms with Crippen LogP contribution in [0.3, 0.4) is 0 Å². The Morgan fingerprint density at radius 1 is 0.680 bits per heavy atom. The molecular formula is C45H35FIrN2O-2. The number of para-hydroxylation sites is 1. The summed E-state index contributed by atoms with van der Waals surface area (Å²) in [7, 11) is 0. The van der Waals surface area contributed by atoms with Gasteiger partial charge in [0.1, 0.15) is 5.58 Å². The van der Waals surface area contributed by atoms with Gasteiger partial charge in [0, 0.05) is 62.9 Å². The van der Waals surface area contributed by atoms with E-state index >= 15 is 0 Å². The molecule has 0 saturated heterocycles. The molecule has 0 bridgehead atoms. The van der Waals surface area contributed by atoms with E-state index in [4.69, 9.17) is 12.6 Å². The van der Waals surface area contributed by atoms with Crippen LogP contribution in [-0.4, -0.2) is 9.97 Å². The molecule has 0 aliphatic carbocycles. The zero-order valence-electron chi connectivity index (χ0n) is 33.3. The fourth-order valence-corrected chi connectivity index (χ4v) is 5.87. The number of aryl methyl sites for hydroxylation is 2. The van der Waals surface area contributed by atoms with Gasteiger partial charge in [0.15, 0.2) is 0 Å². The van der Waals surface area contributed by atoms with Crippen molar-refractivity contribution in [2.45, 2.75) is 33.0 Å². The summed E-state index contributed by atoms with van der Waals surface area (Å²) < 4.78 is 66.3. The molecule has 0 fully saturated rings. The number of fused-ring (bicyclic) bond motifs is 3. The number of nitrogens with zero attached hydrogens (tertiary/aromatic N) is 2. The number of rotatable bonds is 5. The summed E-state index contributed by atoms with van der Waals surface area (Å²) in [6, 6.07) is 44.7. The quantitative estimate of drug-likeness (QED) is 0.162. The summed E-state index contributed by atoms with van der Waals surface area (Å²) in [5, 5.41) is 1.97. The number of furan rings is 1. The van der Waals surface area contributed by atoms with Crippen LogP contribution in [0.1, 0.15) is 44.3 Å². The van der Waals surface area contributed by atoms with E-state index in [0.29, 0.717) is 17.0 Å². The average Bonchev–Trinajstić information content (AvgIpc) is 3.56. The monoisotopic (exact) mass is 837 g/mol. The Bertz CT molecular complexity index is 2610. The second-order valence-corrected chi connectivity index (χ2v) is 12.2. The molecule has 0 amide bonds. The second-order valence-electron chi connectivity index (χ2n) is 12.2. The minimum atomic E-state index is -2.35. The first-order valence-electron chi connectivity index (χ1n) is 18.8. The second kappa shape index (κ2) is 14.7. The number of halogens is 1. The smallest absolute Gasteiger partial charge is 0.120 e. The first kappa shape index (κ1) is 27.6. The van der Waals surface area contributed by atoms with Gasteiger partial charge in [0.25, 0.3) is 0 Å². The number of aromatic nitrogens is 2. The average molecular weight is 837 g/mol. The third-order valence-corrected chi connectivity index (χ3v) is 8.70. The third-order valence-electron chi connectivity index (χ3n) is 8.70. The van der Waals surface area contributed by atoms with Crippen molar-refractivity contribution in [1.29, 1.82) is 0 Å². The van der Waals surface area contributed by atoms with Gasteiger partial charge >= 0.3 is 0 Å². The molecule has 0 saturated carbocycles. The minimum Gasteiger partial charge on any atom is -0.500 e. The normalized spacial score (nSPS) is 13.4. The topological polar surface area (TPSA) is 38.9 Å². The summed E-state index contributed by atoms with van der Waals surface area (Å²) in [5.74, 6) is -0.638. The number of benzene rings is 5. The molecule has 3 aromatic heterocycles. The Morgan fingerprint density at radius 2 is 1.42 bits per heavy atom. The predicted octanol–water partition coefficient (Wildman–Crippen LogP) is 11.7. The van der Waals surface area contributed by atoms with Crippen LogP contribution in [0.2, 0.25) is 0 Å². The van der Waals surface area contributed by atoms with E-state index in [1.807, 2.05) is 84.9 Å². The Balaban J connectivity index is 0.000000188. The molecule has 0 atom stereocenters. The maximum atomic E-state index is 14.3. The van der Waals surface area contributed by atoms with E-state index in [9.17, 15) is 4.39 Å². The molecule has 0 aliphatic rings. The molecular weight excluding hydrogens is 796 g/mol. The first-order valence-corrected chi connectivity index (χ1v) is 15.8. The van der Waals surface area contributed by atoms with Crippen LogP contribution in [0.5, 0.6) is 0 Å². The predicted molar refractivity (Wildman–Crippen MR) is 198 cm³/mol. The summed E-state index contributed by atoms with van der Waals surface area (Å²) in [6.07, 6.45) is 3.37. The van der Waals surface area contributed by atoms with Crippen molar-refractivity contribution >= 4 is 21.9 Å². The van der Waals surface area contributed by atoms with Gasteiger partial charge in [-0.3, -0.25) is 4.39 Å². The van der Waals surface area contributed by atoms with Gasteiger partial charge in [0.05, 0.1) is 5.58 Å². The summed E-state index contributed by atoms with van der Waals surface area (Å²) in [6.45, 7) is -0.393. The first-order chi connectivity index (χ1) is 26.2. The van der Waals surface area contributed by atoms with Crippen molar-refractivity contribution in [3.63, 3.8) is 0 Å². The van der Waals surface area contributed by atoms with Crippen molar-refractivity contribution in [3.8, 4) is 33.6 Å². The molecule has 249 valence electrons. The Labute approximate surface area is 314 Å². The largest absolute Gasteiger partial charge is 0.500 e. The van der Waals surface area contributed by atoms with Gasteiger partial charge in [0.2, 0.25) is 0 Å². The molecule has 50 heavy (non-hydrogen) atoms. The molecule has 1 radical (unpaired) electrons. The maximum absolute atomic E-state index is 14.3. The van der Waals surface area contributed by atoms with E-state index in [1.165, 1.54) is 6.07 Å². The molecule has 0 aliphatic heterocycles. The van der Waals surface area contributed by atoms with E-state index in [-0.39, 0.29) is 42.2 Å². The van der Waals surface area contributed by atoms with Crippen LogP contribution in [0.25, 0.3) is 55.6 Å². The molecule has 3 heterocycles. The minimum absolute atomic E-state index is 0. The van der Waals surface area contributed by atoms with Gasteiger partial charge in [-0.25, -0.2) is 0 Å². The van der Waals surface area contributed by atoms with Crippen molar-refractivity contribution in [2.24, 2.45) is 0 Å². The van der Waals surface area contributed by atoms with Crippen LogP contribution >= 0.6 is 0 Å². The van der Waals surface area contributed by atoms with Crippen molar-refractivity contribution in [3.05, 3.63) is 180 Å². The number of hydrogen-bond donors (Lipinski definition) is 0. The van der Waals surface area contributed by atoms with E-state index in [1.54, 1.807) is 30.6 Å². The molecule has 8 aromatic rings. The summed E-state index contributed by atoms with van der Waals surface area (Å²) in [4.78, 5) is 8.94. The Morgan fingerprint density at radius 3 is 2.14 bits per heavy atom. The van der Waals surface area contributed by atoms with E-state index in [0.717, 1.165) is 50.3 Å². The van der Waals surface area contributed by atoms with Crippen LogP contribution in [0.4, 0.5) is 4.39 Å². The molecule has 0 spiro atoms. The number of hydrogen-bond acceptors (Lipinski definition) is 3. The van der Waals surface area contributed by atoms with Crippen molar-refractivity contribution in [1.82, 2.24) is 9.97 Å². The van der Waals surface area contributed by atoms with Crippen molar-refractivity contribution < 1.29 is 37.1 Å². The van der Waals surface area contributed by atoms with Gasteiger partial charge in [-0.1, -0.05) is 129 Å². The van der Waals surface area contributed by atoms with Gasteiger partial charge < -0.3 is 14.4 Å².